The monoisotopic (exact) mass is 289 g/mol. The molecule has 2 aromatic carbocycles. The van der Waals surface area contributed by atoms with E-state index in [1.54, 1.807) is 0 Å². The fourth-order valence-corrected chi connectivity index (χ4v) is 1.59. The van der Waals surface area contributed by atoms with Gasteiger partial charge in [-0.05, 0) is 36.4 Å². The molecule has 0 atom stereocenters. The Kier molecular flexibility index (Phi) is 4.46. The first-order valence-electron chi connectivity index (χ1n) is 5.86. The largest absolute Gasteiger partial charge is 0.434 e. The molecule has 0 fully saturated rings. The van der Waals surface area contributed by atoms with Gasteiger partial charge in [0.25, 0.3) is 0 Å². The Labute approximate surface area is 119 Å². The molecule has 0 saturated heterocycles. The summed E-state index contributed by atoms with van der Waals surface area (Å²) in [5.41, 5.74) is 0.304. The fraction of sp³-hybridized carbons (Fsp3) is 0.0667. The zero-order valence-corrected chi connectivity index (χ0v) is 10.6. The normalized spacial score (nSPS) is 10.0. The van der Waals surface area contributed by atoms with Crippen LogP contribution in [0, 0.1) is 11.3 Å². The van der Waals surface area contributed by atoms with Crippen LogP contribution in [0.2, 0.25) is 0 Å². The number of rotatable bonds is 4. The maximum atomic E-state index is 12.3. The van der Waals surface area contributed by atoms with Crippen LogP contribution < -0.4 is 9.47 Å². The Balaban J connectivity index is 2.18. The molecule has 2 rings (SSSR count). The highest BCUT2D eigenvalue weighted by atomic mass is 19.3. The van der Waals surface area contributed by atoms with Crippen molar-refractivity contribution in [1.29, 1.82) is 5.26 Å². The zero-order chi connectivity index (χ0) is 15.2. The first-order chi connectivity index (χ1) is 10.1. The minimum Gasteiger partial charge on any atom is -0.434 e. The van der Waals surface area contributed by atoms with Crippen LogP contribution in [0.3, 0.4) is 0 Å². The molecule has 6 heteroatoms. The number of nitrogens with zero attached hydrogens (tertiary/aromatic N) is 1. The standard InChI is InChI=1S/C15H9F2NO3/c16-15(17)21-13-4-2-1-3-12(13)14(19)20-11-7-5-10(9-18)6-8-11/h1-8,15H. The number of nitriles is 1. The predicted molar refractivity (Wildman–Crippen MR) is 69.2 cm³/mol. The van der Waals surface area contributed by atoms with E-state index in [4.69, 9.17) is 10.00 Å². The van der Waals surface area contributed by atoms with Crippen molar-refractivity contribution in [3.8, 4) is 17.6 Å². The lowest BCUT2D eigenvalue weighted by atomic mass is 10.2. The number of alkyl halides is 2. The van der Waals surface area contributed by atoms with Crippen molar-refractivity contribution < 1.29 is 23.0 Å². The van der Waals surface area contributed by atoms with Gasteiger partial charge in [0.1, 0.15) is 17.1 Å². The van der Waals surface area contributed by atoms with E-state index < -0.39 is 12.6 Å². The molecular weight excluding hydrogens is 280 g/mol. The Morgan fingerprint density at radius 3 is 2.38 bits per heavy atom. The average Bonchev–Trinajstić information content (AvgIpc) is 2.48. The first-order valence-corrected chi connectivity index (χ1v) is 5.86. The second-order valence-electron chi connectivity index (χ2n) is 3.90. The van der Waals surface area contributed by atoms with Gasteiger partial charge in [0.15, 0.2) is 0 Å². The van der Waals surface area contributed by atoms with E-state index in [2.05, 4.69) is 4.74 Å². The molecule has 0 aromatic heterocycles. The number of hydrogen-bond donors (Lipinski definition) is 0. The van der Waals surface area contributed by atoms with E-state index in [-0.39, 0.29) is 17.1 Å². The van der Waals surface area contributed by atoms with Crippen LogP contribution in [0.5, 0.6) is 11.5 Å². The number of hydrogen-bond acceptors (Lipinski definition) is 4. The van der Waals surface area contributed by atoms with Crippen molar-refractivity contribution >= 4 is 5.97 Å². The summed E-state index contributed by atoms with van der Waals surface area (Å²) in [6.45, 7) is -3.03. The van der Waals surface area contributed by atoms with Gasteiger partial charge in [-0.25, -0.2) is 4.79 Å². The number of benzene rings is 2. The molecule has 0 radical (unpaired) electrons. The highest BCUT2D eigenvalue weighted by molar-refractivity contribution is 5.94. The number of esters is 1. The molecule has 0 amide bonds. The lowest BCUT2D eigenvalue weighted by Gasteiger charge is -2.10. The highest BCUT2D eigenvalue weighted by Gasteiger charge is 2.17. The van der Waals surface area contributed by atoms with Crippen LogP contribution in [-0.2, 0) is 0 Å². The van der Waals surface area contributed by atoms with E-state index in [0.717, 1.165) is 0 Å². The third-order valence-electron chi connectivity index (χ3n) is 2.52. The molecule has 0 aliphatic rings. The first kappa shape index (κ1) is 14.5. The summed E-state index contributed by atoms with van der Waals surface area (Å²) in [7, 11) is 0. The Hall–Kier alpha value is -2.94. The summed E-state index contributed by atoms with van der Waals surface area (Å²) in [6.07, 6.45) is 0. The molecule has 0 saturated carbocycles. The SMILES string of the molecule is N#Cc1ccc(OC(=O)c2ccccc2OC(F)F)cc1. The lowest BCUT2D eigenvalue weighted by molar-refractivity contribution is -0.0503. The van der Waals surface area contributed by atoms with Gasteiger partial charge in [0.05, 0.1) is 11.6 Å². The van der Waals surface area contributed by atoms with Gasteiger partial charge < -0.3 is 9.47 Å². The van der Waals surface area contributed by atoms with Crippen molar-refractivity contribution in [2.24, 2.45) is 0 Å². The van der Waals surface area contributed by atoms with Crippen LogP contribution in [0.25, 0.3) is 0 Å². The molecule has 0 aliphatic heterocycles. The van der Waals surface area contributed by atoms with Gasteiger partial charge in [-0.1, -0.05) is 12.1 Å². The van der Waals surface area contributed by atoms with Gasteiger partial charge in [0.2, 0.25) is 0 Å². The van der Waals surface area contributed by atoms with Crippen LogP contribution in [0.4, 0.5) is 8.78 Å². The topological polar surface area (TPSA) is 59.3 Å². The predicted octanol–water partition coefficient (Wildman–Crippen LogP) is 3.38. The molecule has 0 spiro atoms. The average molecular weight is 289 g/mol. The molecule has 106 valence electrons. The van der Waals surface area contributed by atoms with Gasteiger partial charge in [0, 0.05) is 0 Å². The van der Waals surface area contributed by atoms with Crippen LogP contribution in [-0.4, -0.2) is 12.6 Å². The third-order valence-corrected chi connectivity index (χ3v) is 2.52. The Morgan fingerprint density at radius 2 is 1.76 bits per heavy atom. The Bertz CT molecular complexity index is 678. The number of carbonyl (C=O) groups is 1. The molecule has 0 unspecified atom stereocenters. The van der Waals surface area contributed by atoms with Crippen molar-refractivity contribution in [2.45, 2.75) is 6.61 Å². The molecule has 0 aliphatic carbocycles. The van der Waals surface area contributed by atoms with Crippen molar-refractivity contribution in [3.63, 3.8) is 0 Å². The van der Waals surface area contributed by atoms with E-state index in [0.29, 0.717) is 5.56 Å². The van der Waals surface area contributed by atoms with Gasteiger partial charge in [-0.3, -0.25) is 0 Å². The molecule has 2 aromatic rings. The van der Waals surface area contributed by atoms with Gasteiger partial charge in [-0.2, -0.15) is 14.0 Å². The minimum absolute atomic E-state index is 0.109. The highest BCUT2D eigenvalue weighted by Crippen LogP contribution is 2.22. The summed E-state index contributed by atoms with van der Waals surface area (Å²) >= 11 is 0. The van der Waals surface area contributed by atoms with E-state index in [9.17, 15) is 13.6 Å². The maximum Gasteiger partial charge on any atom is 0.387 e. The zero-order valence-electron chi connectivity index (χ0n) is 10.6. The van der Waals surface area contributed by atoms with E-state index in [1.807, 2.05) is 6.07 Å². The van der Waals surface area contributed by atoms with Crippen molar-refractivity contribution in [2.75, 3.05) is 0 Å². The van der Waals surface area contributed by atoms with Gasteiger partial charge in [-0.15, -0.1) is 0 Å². The summed E-state index contributed by atoms with van der Waals surface area (Å²) in [4.78, 5) is 12.0. The minimum atomic E-state index is -3.03. The molecule has 0 bridgehead atoms. The number of carbonyl (C=O) groups excluding carboxylic acids is 1. The summed E-state index contributed by atoms with van der Waals surface area (Å²) in [5, 5.41) is 8.66. The number of para-hydroxylation sites is 1. The summed E-state index contributed by atoms with van der Waals surface area (Å²) in [5.74, 6) is -0.882. The molecule has 0 N–H and O–H groups in total. The fourth-order valence-electron chi connectivity index (χ4n) is 1.59. The summed E-state index contributed by atoms with van der Waals surface area (Å²) in [6, 6.07) is 13.3. The van der Waals surface area contributed by atoms with Crippen molar-refractivity contribution in [3.05, 3.63) is 59.7 Å². The number of ether oxygens (including phenoxy) is 2. The summed E-state index contributed by atoms with van der Waals surface area (Å²) < 4.78 is 33.9. The molecule has 21 heavy (non-hydrogen) atoms. The van der Waals surface area contributed by atoms with Crippen LogP contribution in [0.15, 0.2) is 48.5 Å². The quantitative estimate of drug-likeness (QED) is 0.639. The molecule has 4 nitrogen and oxygen atoms in total. The Morgan fingerprint density at radius 1 is 1.10 bits per heavy atom. The smallest absolute Gasteiger partial charge is 0.387 e. The van der Waals surface area contributed by atoms with E-state index >= 15 is 0 Å². The third kappa shape index (κ3) is 3.76. The van der Waals surface area contributed by atoms with E-state index in [1.165, 1.54) is 48.5 Å². The van der Waals surface area contributed by atoms with Crippen LogP contribution >= 0.6 is 0 Å². The number of halogens is 2. The second-order valence-corrected chi connectivity index (χ2v) is 3.90. The molecule has 0 heterocycles. The second kappa shape index (κ2) is 6.48. The maximum absolute atomic E-state index is 12.3. The molecular formula is C15H9F2NO3. The van der Waals surface area contributed by atoms with Crippen molar-refractivity contribution in [1.82, 2.24) is 0 Å². The lowest BCUT2D eigenvalue weighted by Crippen LogP contribution is -2.12. The van der Waals surface area contributed by atoms with Gasteiger partial charge >= 0.3 is 12.6 Å². The van der Waals surface area contributed by atoms with Crippen LogP contribution in [0.1, 0.15) is 15.9 Å².